The molecule has 0 aliphatic heterocycles. The highest BCUT2D eigenvalue weighted by molar-refractivity contribution is 6.74. The van der Waals surface area contributed by atoms with Crippen LogP contribution in [-0.4, -0.2) is 13.0 Å². The summed E-state index contributed by atoms with van der Waals surface area (Å²) in [4.78, 5) is 12.7. The fourth-order valence-electron chi connectivity index (χ4n) is 3.15. The van der Waals surface area contributed by atoms with Gasteiger partial charge in [-0.25, -0.2) is 0 Å². The number of hydrogen-bond acceptors (Lipinski definition) is 1. The maximum Gasteiger partial charge on any atom is 0.203 e. The molecule has 0 aliphatic rings. The lowest BCUT2D eigenvalue weighted by atomic mass is 9.53. The predicted molar refractivity (Wildman–Crippen MR) is 95.8 cm³/mol. The van der Waals surface area contributed by atoms with Gasteiger partial charge in [0.25, 0.3) is 0 Å². The lowest BCUT2D eigenvalue weighted by molar-refractivity contribution is -0.119. The van der Waals surface area contributed by atoms with E-state index in [0.29, 0.717) is 11.6 Å². The molecular weight excluding hydrogens is 255 g/mol. The molecule has 0 saturated heterocycles. The number of rotatable bonds is 7. The molecule has 0 aromatic rings. The normalized spacial score (nSPS) is 15.2. The number of hydrogen-bond donors (Lipinski definition) is 0. The highest BCUT2D eigenvalue weighted by Crippen LogP contribution is 2.37. The summed E-state index contributed by atoms with van der Waals surface area (Å²) >= 11 is 0. The van der Waals surface area contributed by atoms with Crippen LogP contribution in [0.4, 0.5) is 0 Å². The molecule has 1 nitrogen and oxygen atoms in total. The smallest absolute Gasteiger partial charge is 0.203 e. The molecule has 0 rings (SSSR count). The van der Waals surface area contributed by atoms with E-state index in [0.717, 1.165) is 19.2 Å². The van der Waals surface area contributed by atoms with Gasteiger partial charge in [0.05, 0.1) is 5.68 Å². The molecule has 0 spiro atoms. The third-order valence-corrected chi connectivity index (χ3v) is 4.02. The molecule has 0 heterocycles. The summed E-state index contributed by atoms with van der Waals surface area (Å²) < 4.78 is 0. The van der Waals surface area contributed by atoms with Crippen molar-refractivity contribution in [1.29, 1.82) is 0 Å². The zero-order chi connectivity index (χ0) is 17.1. The molecule has 1 atom stereocenters. The zero-order valence-electron chi connectivity index (χ0n) is 16.3. The Balaban J connectivity index is 4.78. The molecule has 1 unspecified atom stereocenters. The largest absolute Gasteiger partial charge is 0.312 e. The molecule has 123 valence electrons. The van der Waals surface area contributed by atoms with Crippen LogP contribution in [0.25, 0.3) is 0 Å². The Labute approximate surface area is 134 Å². The van der Waals surface area contributed by atoms with Gasteiger partial charge in [0.2, 0.25) is 7.28 Å². The molecule has 21 heavy (non-hydrogen) atoms. The van der Waals surface area contributed by atoms with Crippen molar-refractivity contribution in [2.45, 2.75) is 88.4 Å². The Kier molecular flexibility index (Phi) is 7.24. The Bertz CT molecular complexity index is 328. The second kappa shape index (κ2) is 7.33. The van der Waals surface area contributed by atoms with E-state index in [1.807, 2.05) is 7.28 Å². The summed E-state index contributed by atoms with van der Waals surface area (Å²) in [7, 11) is 1.98. The van der Waals surface area contributed by atoms with Crippen LogP contribution in [0, 0.1) is 28.1 Å². The van der Waals surface area contributed by atoms with Crippen molar-refractivity contribution in [2.24, 2.45) is 28.1 Å². The topological polar surface area (TPSA) is 17.1 Å². The average molecular weight is 293 g/mol. The van der Waals surface area contributed by atoms with Gasteiger partial charge in [0, 0.05) is 5.92 Å². The molecule has 0 amide bonds. The lowest BCUT2D eigenvalue weighted by Crippen LogP contribution is -2.36. The summed E-state index contributed by atoms with van der Waals surface area (Å²) in [6, 6.07) is 0. The highest BCUT2D eigenvalue weighted by Gasteiger charge is 2.35. The Morgan fingerprint density at radius 1 is 0.905 bits per heavy atom. The van der Waals surface area contributed by atoms with E-state index in [4.69, 9.17) is 0 Å². The molecule has 0 bridgehead atoms. The third kappa shape index (κ3) is 9.37. The van der Waals surface area contributed by atoms with Crippen molar-refractivity contribution in [1.82, 2.24) is 0 Å². The van der Waals surface area contributed by atoms with Crippen LogP contribution < -0.4 is 0 Å². The molecule has 0 aromatic heterocycles. The van der Waals surface area contributed by atoms with Gasteiger partial charge in [-0.15, -0.1) is 0 Å². The minimum Gasteiger partial charge on any atom is -0.312 e. The Hall–Kier alpha value is -0.265. The Morgan fingerprint density at radius 3 is 1.71 bits per heavy atom. The van der Waals surface area contributed by atoms with E-state index in [9.17, 15) is 4.79 Å². The molecule has 0 aromatic carbocycles. The van der Waals surface area contributed by atoms with Crippen molar-refractivity contribution in [2.75, 3.05) is 0 Å². The van der Waals surface area contributed by atoms with E-state index in [1.54, 1.807) is 0 Å². The van der Waals surface area contributed by atoms with Crippen molar-refractivity contribution in [3.05, 3.63) is 0 Å². The first-order valence-corrected chi connectivity index (χ1v) is 8.51. The van der Waals surface area contributed by atoms with Gasteiger partial charge in [-0.05, 0) is 35.0 Å². The SMILES string of the molecule is CC(C)CC(C)(C)C[B]C(=O)C(CC(C)(C)C)C(C)(C)C. The van der Waals surface area contributed by atoms with E-state index >= 15 is 0 Å². The van der Waals surface area contributed by atoms with Crippen molar-refractivity contribution in [3.8, 4) is 0 Å². The molecule has 0 saturated carbocycles. The van der Waals surface area contributed by atoms with Crippen LogP contribution >= 0.6 is 0 Å². The van der Waals surface area contributed by atoms with Gasteiger partial charge >= 0.3 is 0 Å². The van der Waals surface area contributed by atoms with Gasteiger partial charge in [0.1, 0.15) is 0 Å². The first-order chi connectivity index (χ1) is 9.14. The van der Waals surface area contributed by atoms with Crippen molar-refractivity contribution < 1.29 is 4.79 Å². The van der Waals surface area contributed by atoms with Crippen LogP contribution in [0.2, 0.25) is 6.32 Å². The maximum atomic E-state index is 12.7. The molecule has 2 heteroatoms. The van der Waals surface area contributed by atoms with Gasteiger partial charge in [0.15, 0.2) is 0 Å². The summed E-state index contributed by atoms with van der Waals surface area (Å²) in [5, 5.41) is 0. The fraction of sp³-hybridized carbons (Fsp3) is 0.947. The van der Waals surface area contributed by atoms with Gasteiger partial charge < -0.3 is 4.79 Å². The monoisotopic (exact) mass is 293 g/mol. The van der Waals surface area contributed by atoms with Gasteiger partial charge in [-0.2, -0.15) is 0 Å². The zero-order valence-corrected chi connectivity index (χ0v) is 16.3. The summed E-state index contributed by atoms with van der Waals surface area (Å²) in [5.41, 5.74) is 0.778. The summed E-state index contributed by atoms with van der Waals surface area (Å²) in [6.07, 6.45) is 3.01. The van der Waals surface area contributed by atoms with E-state index in [-0.39, 0.29) is 22.2 Å². The second-order valence-corrected chi connectivity index (χ2v) is 10.3. The van der Waals surface area contributed by atoms with Crippen LogP contribution in [-0.2, 0) is 4.79 Å². The first-order valence-electron chi connectivity index (χ1n) is 8.51. The average Bonchev–Trinajstić information content (AvgIpc) is 2.18. The van der Waals surface area contributed by atoms with Crippen LogP contribution in [0.3, 0.4) is 0 Å². The summed E-state index contributed by atoms with van der Waals surface area (Å²) in [6.45, 7) is 22.3. The van der Waals surface area contributed by atoms with E-state index in [2.05, 4.69) is 69.2 Å². The first kappa shape index (κ1) is 20.7. The minimum atomic E-state index is 0.0308. The van der Waals surface area contributed by atoms with Crippen molar-refractivity contribution >= 4 is 13.0 Å². The highest BCUT2D eigenvalue weighted by atomic mass is 16.1. The maximum absolute atomic E-state index is 12.7. The number of carbonyl (C=O) groups is 1. The van der Waals surface area contributed by atoms with E-state index < -0.39 is 0 Å². The molecule has 0 N–H and O–H groups in total. The van der Waals surface area contributed by atoms with Gasteiger partial charge in [-0.3, -0.25) is 0 Å². The molecule has 1 radical (unpaired) electrons. The van der Waals surface area contributed by atoms with Crippen LogP contribution in [0.5, 0.6) is 0 Å². The molecular formula is C19H38BO. The van der Waals surface area contributed by atoms with Gasteiger partial charge in [-0.1, -0.05) is 75.6 Å². The Morgan fingerprint density at radius 2 is 1.38 bits per heavy atom. The van der Waals surface area contributed by atoms with Crippen LogP contribution in [0.1, 0.15) is 82.1 Å². The molecule has 0 fully saturated rings. The summed E-state index contributed by atoms with van der Waals surface area (Å²) in [5.74, 6) is 0.795. The van der Waals surface area contributed by atoms with Crippen LogP contribution in [0.15, 0.2) is 0 Å². The predicted octanol–water partition coefficient (Wildman–Crippen LogP) is 5.81. The lowest BCUT2D eigenvalue weighted by Gasteiger charge is -2.35. The minimum absolute atomic E-state index is 0.0308. The quantitative estimate of drug-likeness (QED) is 0.542. The third-order valence-electron chi connectivity index (χ3n) is 4.02. The van der Waals surface area contributed by atoms with Crippen molar-refractivity contribution in [3.63, 3.8) is 0 Å². The fourth-order valence-corrected chi connectivity index (χ4v) is 3.15. The molecule has 0 aliphatic carbocycles. The second-order valence-electron chi connectivity index (χ2n) is 10.3. The standard InChI is InChI=1S/C19H38BO/c1-14(2)11-19(9,10)13-20-16(21)15(18(6,7)8)12-17(3,4)5/h14-15H,11-13H2,1-10H3. The van der Waals surface area contributed by atoms with E-state index in [1.165, 1.54) is 0 Å². The number of carbonyl (C=O) groups excluding carboxylic acids is 1.